The lowest BCUT2D eigenvalue weighted by molar-refractivity contribution is -0.914. The summed E-state index contributed by atoms with van der Waals surface area (Å²) in [5.74, 6) is -0.424. The number of rotatable bonds is 9. The van der Waals surface area contributed by atoms with Crippen LogP contribution in [0, 0.1) is 6.92 Å². The zero-order valence-corrected chi connectivity index (χ0v) is 16.4. The second-order valence-electron chi connectivity index (χ2n) is 6.94. The number of ether oxygens (including phenoxy) is 1. The number of carbonyl (C=O) groups excluding carboxylic acids is 1. The Bertz CT molecular complexity index is 803. The number of hydrogen-bond donors (Lipinski definition) is 2. The first-order valence-electron chi connectivity index (χ1n) is 9.59. The average molecular weight is 359 g/mol. The molecule has 26 heavy (non-hydrogen) atoms. The van der Waals surface area contributed by atoms with Crippen LogP contribution < -0.4 is 10.3 Å². The second kappa shape index (κ2) is 9.53. The first kappa shape index (κ1) is 20.2. The molecule has 1 aromatic heterocycles. The number of pyridine rings is 1. The van der Waals surface area contributed by atoms with E-state index >= 15 is 0 Å². The second-order valence-corrected chi connectivity index (χ2v) is 6.94. The van der Waals surface area contributed by atoms with E-state index in [4.69, 9.17) is 4.74 Å². The van der Waals surface area contributed by atoms with Crippen LogP contribution in [0.25, 0.3) is 10.9 Å². The smallest absolute Gasteiger partial charge is 0.337 e. The predicted molar refractivity (Wildman–Crippen MR) is 105 cm³/mol. The normalized spacial score (nSPS) is 11.3. The van der Waals surface area contributed by atoms with E-state index in [1.54, 1.807) is 18.2 Å². The van der Waals surface area contributed by atoms with Crippen LogP contribution in [0.3, 0.4) is 0 Å². The molecule has 2 rings (SSSR count). The SMILES string of the molecule is CCCC[NH+](CCCC)Cc1c(C)[nH]c2ccc(C(=O)OC)cc2c1=O. The molecule has 0 radical (unpaired) electrons. The monoisotopic (exact) mass is 359 g/mol. The number of aromatic nitrogens is 1. The van der Waals surface area contributed by atoms with Gasteiger partial charge in [0.25, 0.3) is 0 Å². The highest BCUT2D eigenvalue weighted by Crippen LogP contribution is 2.14. The molecule has 0 aliphatic carbocycles. The minimum atomic E-state index is -0.424. The lowest BCUT2D eigenvalue weighted by atomic mass is 10.1. The molecule has 0 amide bonds. The van der Waals surface area contributed by atoms with Crippen molar-refractivity contribution in [3.63, 3.8) is 0 Å². The first-order valence-corrected chi connectivity index (χ1v) is 9.59. The van der Waals surface area contributed by atoms with Gasteiger partial charge in [0.2, 0.25) is 0 Å². The Hall–Kier alpha value is -2.14. The molecule has 142 valence electrons. The summed E-state index contributed by atoms with van der Waals surface area (Å²) in [6, 6.07) is 5.10. The van der Waals surface area contributed by atoms with Crippen LogP contribution in [-0.4, -0.2) is 31.2 Å². The van der Waals surface area contributed by atoms with Crippen molar-refractivity contribution in [1.82, 2.24) is 4.98 Å². The summed E-state index contributed by atoms with van der Waals surface area (Å²) in [6.45, 7) is 9.23. The highest BCUT2D eigenvalue weighted by Gasteiger charge is 2.17. The fourth-order valence-electron chi connectivity index (χ4n) is 3.31. The highest BCUT2D eigenvalue weighted by atomic mass is 16.5. The summed E-state index contributed by atoms with van der Waals surface area (Å²) in [7, 11) is 1.35. The molecule has 0 aliphatic heterocycles. The number of benzene rings is 1. The number of quaternary nitrogens is 1. The van der Waals surface area contributed by atoms with Crippen molar-refractivity contribution in [3.05, 3.63) is 45.2 Å². The van der Waals surface area contributed by atoms with E-state index in [-0.39, 0.29) is 5.43 Å². The van der Waals surface area contributed by atoms with Gasteiger partial charge in [0.05, 0.1) is 31.3 Å². The lowest BCUT2D eigenvalue weighted by Crippen LogP contribution is -3.10. The maximum Gasteiger partial charge on any atom is 0.337 e. The fourth-order valence-corrected chi connectivity index (χ4v) is 3.31. The van der Waals surface area contributed by atoms with Gasteiger partial charge >= 0.3 is 5.97 Å². The molecule has 2 N–H and O–H groups in total. The number of esters is 1. The molecule has 0 saturated heterocycles. The third-order valence-electron chi connectivity index (χ3n) is 4.93. The van der Waals surface area contributed by atoms with Gasteiger partial charge in [-0.05, 0) is 38.0 Å². The van der Waals surface area contributed by atoms with E-state index in [1.165, 1.54) is 12.0 Å². The van der Waals surface area contributed by atoms with E-state index in [2.05, 4.69) is 18.8 Å². The largest absolute Gasteiger partial charge is 0.465 e. The Morgan fingerprint density at radius 1 is 1.15 bits per heavy atom. The van der Waals surface area contributed by atoms with Crippen molar-refractivity contribution < 1.29 is 14.4 Å². The van der Waals surface area contributed by atoms with Gasteiger partial charge < -0.3 is 14.6 Å². The van der Waals surface area contributed by atoms with Gasteiger partial charge in [-0.2, -0.15) is 0 Å². The Morgan fingerprint density at radius 2 is 1.81 bits per heavy atom. The maximum atomic E-state index is 13.1. The van der Waals surface area contributed by atoms with Gasteiger partial charge in [-0.3, -0.25) is 4.79 Å². The van der Waals surface area contributed by atoms with Gasteiger partial charge in [-0.1, -0.05) is 26.7 Å². The molecule has 1 heterocycles. The van der Waals surface area contributed by atoms with Crippen LogP contribution in [0.15, 0.2) is 23.0 Å². The lowest BCUT2D eigenvalue weighted by Gasteiger charge is -2.20. The number of nitrogens with one attached hydrogen (secondary N) is 2. The zero-order valence-electron chi connectivity index (χ0n) is 16.4. The van der Waals surface area contributed by atoms with E-state index < -0.39 is 5.97 Å². The molecular weight excluding hydrogens is 328 g/mol. The Balaban J connectivity index is 2.41. The van der Waals surface area contributed by atoms with E-state index in [1.807, 2.05) is 6.92 Å². The molecule has 0 atom stereocenters. The standard InChI is InChI=1S/C21H30N2O3/c1-5-7-11-23(12-8-6-2)14-18-15(3)22-19-10-9-16(21(25)26-4)13-17(19)20(18)24/h9-10,13H,5-8,11-12,14H2,1-4H3,(H,22,24)/p+1. The molecule has 0 bridgehead atoms. The van der Waals surface area contributed by atoms with Crippen molar-refractivity contribution in [2.45, 2.75) is 53.0 Å². The van der Waals surface area contributed by atoms with E-state index in [0.29, 0.717) is 10.9 Å². The van der Waals surface area contributed by atoms with Crippen molar-refractivity contribution in [2.75, 3.05) is 20.2 Å². The number of methoxy groups -OCH3 is 1. The Morgan fingerprint density at radius 3 is 2.38 bits per heavy atom. The molecule has 0 unspecified atom stereocenters. The molecule has 0 saturated carbocycles. The van der Waals surface area contributed by atoms with Gasteiger partial charge in [0.15, 0.2) is 5.43 Å². The number of aromatic amines is 1. The number of fused-ring (bicyclic) bond motifs is 1. The average Bonchev–Trinajstić information content (AvgIpc) is 2.65. The summed E-state index contributed by atoms with van der Waals surface area (Å²) in [6.07, 6.45) is 4.64. The van der Waals surface area contributed by atoms with Crippen LogP contribution in [0.4, 0.5) is 0 Å². The minimum Gasteiger partial charge on any atom is -0.465 e. The third kappa shape index (κ3) is 4.73. The number of hydrogen-bond acceptors (Lipinski definition) is 3. The molecule has 0 aliphatic rings. The van der Waals surface area contributed by atoms with Gasteiger partial charge in [0.1, 0.15) is 6.54 Å². The molecule has 2 aromatic rings. The van der Waals surface area contributed by atoms with Gasteiger partial charge in [0, 0.05) is 16.6 Å². The number of unbranched alkanes of at least 4 members (excludes halogenated alkanes) is 2. The van der Waals surface area contributed by atoms with Crippen LogP contribution in [0.1, 0.15) is 61.1 Å². The Labute approximate surface area is 155 Å². The van der Waals surface area contributed by atoms with Crippen molar-refractivity contribution in [3.8, 4) is 0 Å². The van der Waals surface area contributed by atoms with Crippen LogP contribution in [-0.2, 0) is 11.3 Å². The highest BCUT2D eigenvalue weighted by molar-refractivity contribution is 5.94. The van der Waals surface area contributed by atoms with Gasteiger partial charge in [-0.15, -0.1) is 0 Å². The quantitative estimate of drug-likeness (QED) is 0.677. The molecule has 0 fully saturated rings. The number of aryl methyl sites for hydroxylation is 1. The van der Waals surface area contributed by atoms with E-state index in [9.17, 15) is 9.59 Å². The summed E-state index contributed by atoms with van der Waals surface area (Å²) < 4.78 is 4.78. The van der Waals surface area contributed by atoms with Crippen molar-refractivity contribution in [2.24, 2.45) is 0 Å². The fraction of sp³-hybridized carbons (Fsp3) is 0.524. The first-order chi connectivity index (χ1) is 12.5. The summed E-state index contributed by atoms with van der Waals surface area (Å²) in [5, 5.41) is 0.554. The maximum absolute atomic E-state index is 13.1. The summed E-state index contributed by atoms with van der Waals surface area (Å²) >= 11 is 0. The van der Waals surface area contributed by atoms with Crippen LogP contribution >= 0.6 is 0 Å². The summed E-state index contributed by atoms with van der Waals surface area (Å²) in [4.78, 5) is 29.7. The third-order valence-corrected chi connectivity index (χ3v) is 4.93. The van der Waals surface area contributed by atoms with Crippen molar-refractivity contribution >= 4 is 16.9 Å². The van der Waals surface area contributed by atoms with Crippen molar-refractivity contribution in [1.29, 1.82) is 0 Å². The van der Waals surface area contributed by atoms with E-state index in [0.717, 1.165) is 62.1 Å². The Kier molecular flexibility index (Phi) is 7.39. The molecule has 0 spiro atoms. The topological polar surface area (TPSA) is 63.6 Å². The number of carbonyl (C=O) groups is 1. The van der Waals surface area contributed by atoms with Crippen LogP contribution in [0.5, 0.6) is 0 Å². The number of H-pyrrole nitrogens is 1. The molecule has 5 nitrogen and oxygen atoms in total. The zero-order chi connectivity index (χ0) is 19.1. The molecule has 5 heteroatoms. The van der Waals surface area contributed by atoms with Gasteiger partial charge in [-0.25, -0.2) is 4.79 Å². The molecular formula is C21H31N2O3+. The summed E-state index contributed by atoms with van der Waals surface area (Å²) in [5.41, 5.74) is 2.92. The predicted octanol–water partition coefficient (Wildman–Crippen LogP) is 2.61. The minimum absolute atomic E-state index is 0.0208. The van der Waals surface area contributed by atoms with Crippen LogP contribution in [0.2, 0.25) is 0 Å². The molecule has 1 aromatic carbocycles.